The molecule has 0 bridgehead atoms. The van der Waals surface area contributed by atoms with Crippen LogP contribution in [-0.2, 0) is 0 Å². The molecule has 0 atom stereocenters. The third-order valence-electron chi connectivity index (χ3n) is 4.88. The van der Waals surface area contributed by atoms with E-state index in [1.54, 1.807) is 38.7 Å². The molecule has 29 heavy (non-hydrogen) atoms. The van der Waals surface area contributed by atoms with Crippen molar-refractivity contribution < 1.29 is 19.0 Å². The maximum absolute atomic E-state index is 13.7. The van der Waals surface area contributed by atoms with Gasteiger partial charge in [-0.15, -0.1) is 11.3 Å². The van der Waals surface area contributed by atoms with E-state index >= 15 is 0 Å². The first-order valence-electron chi connectivity index (χ1n) is 9.07. The Labute approximate surface area is 173 Å². The third-order valence-corrected chi connectivity index (χ3v) is 5.85. The fourth-order valence-corrected chi connectivity index (χ4v) is 4.33. The van der Waals surface area contributed by atoms with E-state index in [2.05, 4.69) is 0 Å². The molecule has 0 saturated carbocycles. The Hall–Kier alpha value is -3.31. The van der Waals surface area contributed by atoms with Crippen LogP contribution in [-0.4, -0.2) is 27.1 Å². The first kappa shape index (κ1) is 19.0. The molecule has 5 heteroatoms. The molecule has 0 N–H and O–H groups in total. The number of methoxy groups -OCH3 is 3. The van der Waals surface area contributed by atoms with E-state index in [-0.39, 0.29) is 5.78 Å². The summed E-state index contributed by atoms with van der Waals surface area (Å²) in [5.74, 6) is 1.78. The van der Waals surface area contributed by atoms with E-state index in [1.165, 1.54) is 0 Å². The van der Waals surface area contributed by atoms with Crippen molar-refractivity contribution in [2.24, 2.45) is 0 Å². The second kappa shape index (κ2) is 7.97. The zero-order valence-electron chi connectivity index (χ0n) is 16.4. The Bertz CT molecular complexity index is 1180. The van der Waals surface area contributed by atoms with Gasteiger partial charge < -0.3 is 14.2 Å². The molecule has 146 valence electrons. The van der Waals surface area contributed by atoms with Gasteiger partial charge in [-0.3, -0.25) is 4.79 Å². The molecule has 4 rings (SSSR count). The van der Waals surface area contributed by atoms with Crippen LogP contribution in [0, 0.1) is 0 Å². The number of ketones is 1. The van der Waals surface area contributed by atoms with Crippen molar-refractivity contribution in [3.63, 3.8) is 0 Å². The summed E-state index contributed by atoms with van der Waals surface area (Å²) in [6.45, 7) is 0. The average molecular weight is 404 g/mol. The van der Waals surface area contributed by atoms with E-state index in [9.17, 15) is 4.79 Å². The van der Waals surface area contributed by atoms with Crippen molar-refractivity contribution in [3.05, 3.63) is 77.2 Å². The highest BCUT2D eigenvalue weighted by molar-refractivity contribution is 7.17. The van der Waals surface area contributed by atoms with Crippen molar-refractivity contribution in [3.8, 4) is 28.4 Å². The lowest BCUT2D eigenvalue weighted by atomic mass is 9.92. The van der Waals surface area contributed by atoms with Crippen LogP contribution >= 0.6 is 11.3 Å². The molecular weight excluding hydrogens is 384 g/mol. The van der Waals surface area contributed by atoms with Crippen molar-refractivity contribution in [2.45, 2.75) is 0 Å². The normalized spacial score (nSPS) is 10.7. The van der Waals surface area contributed by atoms with Crippen LogP contribution in [0.5, 0.6) is 17.2 Å². The Morgan fingerprint density at radius 3 is 2.24 bits per heavy atom. The van der Waals surface area contributed by atoms with Gasteiger partial charge in [0.1, 0.15) is 17.2 Å². The number of thiophene rings is 1. The van der Waals surface area contributed by atoms with E-state index in [0.29, 0.717) is 22.6 Å². The van der Waals surface area contributed by atoms with Crippen LogP contribution in [0.3, 0.4) is 0 Å². The lowest BCUT2D eigenvalue weighted by molar-refractivity contribution is 0.103. The van der Waals surface area contributed by atoms with Crippen LogP contribution in [0.2, 0.25) is 0 Å². The van der Waals surface area contributed by atoms with Crippen molar-refractivity contribution in [2.75, 3.05) is 21.3 Å². The summed E-state index contributed by atoms with van der Waals surface area (Å²) in [5.41, 5.74) is 2.82. The summed E-state index contributed by atoms with van der Waals surface area (Å²) < 4.78 is 17.4. The standard InChI is InChI=1S/C24H20O4S/c1-26-16-10-8-15(9-11-16)19-12-17(27-2)13-21(28-3)23(19)24(25)20-14-29-22-7-5-4-6-18(20)22/h4-14H,1-3H3. The average Bonchev–Trinajstić information content (AvgIpc) is 3.22. The van der Waals surface area contributed by atoms with Crippen molar-refractivity contribution >= 4 is 27.2 Å². The van der Waals surface area contributed by atoms with Gasteiger partial charge in [0.25, 0.3) is 0 Å². The second-order valence-electron chi connectivity index (χ2n) is 6.46. The van der Waals surface area contributed by atoms with Gasteiger partial charge in [-0.2, -0.15) is 0 Å². The Morgan fingerprint density at radius 1 is 0.828 bits per heavy atom. The lowest BCUT2D eigenvalue weighted by Crippen LogP contribution is -2.06. The Kier molecular flexibility index (Phi) is 5.23. The number of fused-ring (bicyclic) bond motifs is 1. The first-order valence-corrected chi connectivity index (χ1v) is 9.95. The van der Waals surface area contributed by atoms with Gasteiger partial charge in [-0.25, -0.2) is 0 Å². The zero-order valence-corrected chi connectivity index (χ0v) is 17.2. The lowest BCUT2D eigenvalue weighted by Gasteiger charge is -2.16. The minimum absolute atomic E-state index is 0.0761. The summed E-state index contributed by atoms with van der Waals surface area (Å²) in [7, 11) is 4.79. The van der Waals surface area contributed by atoms with Gasteiger partial charge in [0.05, 0.1) is 26.9 Å². The topological polar surface area (TPSA) is 44.8 Å². The predicted molar refractivity (Wildman–Crippen MR) is 117 cm³/mol. The zero-order chi connectivity index (χ0) is 20.4. The van der Waals surface area contributed by atoms with Crippen molar-refractivity contribution in [1.29, 1.82) is 0 Å². The highest BCUT2D eigenvalue weighted by Gasteiger charge is 2.24. The molecule has 0 amide bonds. The molecule has 0 saturated heterocycles. The molecule has 3 aromatic carbocycles. The summed E-state index contributed by atoms with van der Waals surface area (Å²) >= 11 is 1.56. The largest absolute Gasteiger partial charge is 0.497 e. The molecule has 0 radical (unpaired) electrons. The van der Waals surface area contributed by atoms with E-state index in [4.69, 9.17) is 14.2 Å². The molecule has 0 aliphatic rings. The number of carbonyl (C=O) groups is 1. The smallest absolute Gasteiger partial charge is 0.198 e. The second-order valence-corrected chi connectivity index (χ2v) is 7.37. The molecule has 0 aliphatic carbocycles. The number of hydrogen-bond donors (Lipinski definition) is 0. The summed E-state index contributed by atoms with van der Waals surface area (Å²) in [4.78, 5) is 13.7. The minimum Gasteiger partial charge on any atom is -0.497 e. The van der Waals surface area contributed by atoms with Crippen LogP contribution < -0.4 is 14.2 Å². The van der Waals surface area contributed by atoms with Crippen LogP contribution in [0.15, 0.2) is 66.0 Å². The molecule has 1 aromatic heterocycles. The number of carbonyl (C=O) groups excluding carboxylic acids is 1. The molecular formula is C24H20O4S. The van der Waals surface area contributed by atoms with Gasteiger partial charge >= 0.3 is 0 Å². The Balaban J connectivity index is 1.94. The molecule has 0 unspecified atom stereocenters. The molecule has 4 nitrogen and oxygen atoms in total. The monoisotopic (exact) mass is 404 g/mol. The summed E-state index contributed by atoms with van der Waals surface area (Å²) in [5, 5.41) is 2.86. The van der Waals surface area contributed by atoms with Crippen LogP contribution in [0.1, 0.15) is 15.9 Å². The maximum Gasteiger partial charge on any atom is 0.198 e. The van der Waals surface area contributed by atoms with Crippen molar-refractivity contribution in [1.82, 2.24) is 0 Å². The first-order chi connectivity index (χ1) is 14.2. The number of benzene rings is 3. The molecule has 0 fully saturated rings. The van der Waals surface area contributed by atoms with E-state index in [1.807, 2.05) is 60.0 Å². The van der Waals surface area contributed by atoms with Crippen LogP contribution in [0.25, 0.3) is 21.2 Å². The highest BCUT2D eigenvalue weighted by atomic mass is 32.1. The van der Waals surface area contributed by atoms with Gasteiger partial charge in [-0.1, -0.05) is 30.3 Å². The summed E-state index contributed by atoms with van der Waals surface area (Å²) in [6, 6.07) is 19.1. The SMILES string of the molecule is COc1ccc(-c2cc(OC)cc(OC)c2C(=O)c2csc3ccccc23)cc1. The maximum atomic E-state index is 13.7. The summed E-state index contributed by atoms with van der Waals surface area (Å²) in [6.07, 6.45) is 0. The number of rotatable bonds is 6. The van der Waals surface area contributed by atoms with Gasteiger partial charge in [0, 0.05) is 32.7 Å². The molecule has 0 spiro atoms. The Morgan fingerprint density at radius 2 is 1.55 bits per heavy atom. The fraction of sp³-hybridized carbons (Fsp3) is 0.125. The van der Waals surface area contributed by atoms with Gasteiger partial charge in [-0.05, 0) is 29.8 Å². The van der Waals surface area contributed by atoms with E-state index in [0.717, 1.165) is 27.0 Å². The fourth-order valence-electron chi connectivity index (χ4n) is 3.39. The highest BCUT2D eigenvalue weighted by Crippen LogP contribution is 2.39. The molecule has 0 aliphatic heterocycles. The van der Waals surface area contributed by atoms with Crippen LogP contribution in [0.4, 0.5) is 0 Å². The molecule has 4 aromatic rings. The van der Waals surface area contributed by atoms with Gasteiger partial charge in [0.15, 0.2) is 5.78 Å². The van der Waals surface area contributed by atoms with Gasteiger partial charge in [0.2, 0.25) is 0 Å². The number of ether oxygens (including phenoxy) is 3. The number of hydrogen-bond acceptors (Lipinski definition) is 5. The van der Waals surface area contributed by atoms with E-state index < -0.39 is 0 Å². The predicted octanol–water partition coefficient (Wildman–Crippen LogP) is 5.83. The minimum atomic E-state index is -0.0761. The molecule has 1 heterocycles. The third kappa shape index (κ3) is 3.45. The quantitative estimate of drug-likeness (QED) is 0.380.